The van der Waals surface area contributed by atoms with Gasteiger partial charge in [-0.1, -0.05) is 0 Å². The summed E-state index contributed by atoms with van der Waals surface area (Å²) >= 11 is 8.69. The summed E-state index contributed by atoms with van der Waals surface area (Å²) in [6, 6.07) is 4.17. The first-order valence-electron chi connectivity index (χ1n) is 5.03. The molecule has 86 valence electrons. The van der Waals surface area contributed by atoms with Crippen LogP contribution in [0.25, 0.3) is 16.2 Å². The van der Waals surface area contributed by atoms with Gasteiger partial charge in [0, 0.05) is 26.7 Å². The van der Waals surface area contributed by atoms with E-state index in [9.17, 15) is 0 Å². The van der Waals surface area contributed by atoms with Crippen LogP contribution < -0.4 is 0 Å². The van der Waals surface area contributed by atoms with Crippen LogP contribution in [0.15, 0.2) is 38.9 Å². The van der Waals surface area contributed by atoms with Crippen LogP contribution in [0, 0.1) is 6.92 Å². The van der Waals surface area contributed by atoms with Crippen LogP contribution in [0.5, 0.6) is 0 Å². The van der Waals surface area contributed by atoms with E-state index in [4.69, 9.17) is 0 Å². The lowest BCUT2D eigenvalue weighted by molar-refractivity contribution is 1.16. The molecule has 3 rings (SSSR count). The zero-order chi connectivity index (χ0) is 12.0. The summed E-state index contributed by atoms with van der Waals surface area (Å²) in [6.45, 7) is 2.07. The van der Waals surface area contributed by atoms with Gasteiger partial charge in [-0.05, 0) is 56.5 Å². The minimum Gasteiger partial charge on any atom is -0.305 e. The SMILES string of the molecule is Cc1cc2nc(-c3cc(Br)cs3)cn2cc1Br. The maximum atomic E-state index is 4.63. The number of aromatic nitrogens is 2. The van der Waals surface area contributed by atoms with E-state index in [-0.39, 0.29) is 0 Å². The third-order valence-electron chi connectivity index (χ3n) is 2.56. The van der Waals surface area contributed by atoms with Crippen molar-refractivity contribution in [3.63, 3.8) is 0 Å². The second kappa shape index (κ2) is 4.23. The first-order valence-corrected chi connectivity index (χ1v) is 7.49. The molecule has 0 aliphatic rings. The van der Waals surface area contributed by atoms with Gasteiger partial charge in [0.05, 0.1) is 10.6 Å². The van der Waals surface area contributed by atoms with Crippen molar-refractivity contribution in [2.24, 2.45) is 0 Å². The van der Waals surface area contributed by atoms with Crippen molar-refractivity contribution < 1.29 is 0 Å². The largest absolute Gasteiger partial charge is 0.305 e. The molecule has 0 amide bonds. The second-order valence-corrected chi connectivity index (χ2v) is 6.51. The van der Waals surface area contributed by atoms with Gasteiger partial charge in [0.2, 0.25) is 0 Å². The quantitative estimate of drug-likeness (QED) is 0.594. The van der Waals surface area contributed by atoms with Gasteiger partial charge in [-0.15, -0.1) is 11.3 Å². The first kappa shape index (κ1) is 11.4. The Balaban J connectivity index is 2.19. The number of imidazole rings is 1. The molecule has 0 saturated carbocycles. The predicted molar refractivity (Wildman–Crippen MR) is 78.6 cm³/mol. The third-order valence-corrected chi connectivity index (χ3v) is 5.10. The molecule has 3 aromatic rings. The van der Waals surface area contributed by atoms with Crippen LogP contribution in [0.1, 0.15) is 5.56 Å². The maximum absolute atomic E-state index is 4.63. The average molecular weight is 372 g/mol. The van der Waals surface area contributed by atoms with Gasteiger partial charge in [-0.2, -0.15) is 0 Å². The Bertz CT molecular complexity index is 661. The number of thiophene rings is 1. The molecule has 0 aliphatic carbocycles. The van der Waals surface area contributed by atoms with Crippen LogP contribution in [0.4, 0.5) is 0 Å². The normalized spacial score (nSPS) is 11.2. The molecule has 0 radical (unpaired) electrons. The average Bonchev–Trinajstić information content (AvgIpc) is 2.85. The van der Waals surface area contributed by atoms with Crippen LogP contribution >= 0.6 is 43.2 Å². The van der Waals surface area contributed by atoms with Gasteiger partial charge in [0.15, 0.2) is 0 Å². The van der Waals surface area contributed by atoms with Crippen LogP contribution in [0.2, 0.25) is 0 Å². The highest BCUT2D eigenvalue weighted by Gasteiger charge is 2.08. The van der Waals surface area contributed by atoms with Crippen molar-refractivity contribution in [3.8, 4) is 10.6 Å². The summed E-state index contributed by atoms with van der Waals surface area (Å²) in [5, 5.41) is 2.07. The number of aryl methyl sites for hydroxylation is 1. The lowest BCUT2D eigenvalue weighted by Crippen LogP contribution is -1.85. The van der Waals surface area contributed by atoms with Crippen LogP contribution in [0.3, 0.4) is 0 Å². The van der Waals surface area contributed by atoms with E-state index in [0.717, 1.165) is 20.3 Å². The van der Waals surface area contributed by atoms with Crippen molar-refractivity contribution in [1.82, 2.24) is 9.38 Å². The number of hydrogen-bond donors (Lipinski definition) is 0. The van der Waals surface area contributed by atoms with Gasteiger partial charge in [-0.25, -0.2) is 4.98 Å². The summed E-state index contributed by atoms with van der Waals surface area (Å²) in [5.41, 5.74) is 3.19. The lowest BCUT2D eigenvalue weighted by atomic mass is 10.3. The highest BCUT2D eigenvalue weighted by Crippen LogP contribution is 2.30. The topological polar surface area (TPSA) is 17.3 Å². The molecular weight excluding hydrogens is 364 g/mol. The number of halogens is 2. The second-order valence-electron chi connectivity index (χ2n) is 3.83. The van der Waals surface area contributed by atoms with E-state index in [2.05, 4.69) is 67.5 Å². The smallest absolute Gasteiger partial charge is 0.137 e. The number of pyridine rings is 1. The fourth-order valence-electron chi connectivity index (χ4n) is 1.67. The lowest BCUT2D eigenvalue weighted by Gasteiger charge is -1.98. The van der Waals surface area contributed by atoms with E-state index >= 15 is 0 Å². The molecule has 3 heterocycles. The third kappa shape index (κ3) is 2.07. The molecule has 2 nitrogen and oxygen atoms in total. The highest BCUT2D eigenvalue weighted by atomic mass is 79.9. The molecule has 0 aromatic carbocycles. The van der Waals surface area contributed by atoms with Crippen molar-refractivity contribution in [2.75, 3.05) is 0 Å². The van der Waals surface area contributed by atoms with Crippen LogP contribution in [-0.2, 0) is 0 Å². The molecule has 0 spiro atoms. The fraction of sp³-hybridized carbons (Fsp3) is 0.0833. The Morgan fingerprint density at radius 1 is 1.24 bits per heavy atom. The summed E-state index contributed by atoms with van der Waals surface area (Å²) in [4.78, 5) is 5.81. The van der Waals surface area contributed by atoms with E-state index in [0.29, 0.717) is 0 Å². The van der Waals surface area contributed by atoms with Crippen molar-refractivity contribution in [1.29, 1.82) is 0 Å². The monoisotopic (exact) mass is 370 g/mol. The Kier molecular flexibility index (Phi) is 2.84. The minimum absolute atomic E-state index is 0.977. The first-order chi connectivity index (χ1) is 8.13. The Hall–Kier alpha value is -0.650. The predicted octanol–water partition coefficient (Wildman–Crippen LogP) is 4.90. The van der Waals surface area contributed by atoms with Gasteiger partial charge < -0.3 is 4.40 Å². The molecule has 0 saturated heterocycles. The summed E-state index contributed by atoms with van der Waals surface area (Å²) in [5.74, 6) is 0. The fourth-order valence-corrected chi connectivity index (χ4v) is 3.39. The molecule has 0 N–H and O–H groups in total. The number of hydrogen-bond acceptors (Lipinski definition) is 2. The molecule has 17 heavy (non-hydrogen) atoms. The molecule has 0 fully saturated rings. The highest BCUT2D eigenvalue weighted by molar-refractivity contribution is 9.10. The van der Waals surface area contributed by atoms with E-state index in [1.54, 1.807) is 11.3 Å². The Morgan fingerprint density at radius 2 is 2.06 bits per heavy atom. The number of rotatable bonds is 1. The molecule has 0 aliphatic heterocycles. The number of fused-ring (bicyclic) bond motifs is 1. The molecule has 3 aromatic heterocycles. The molecule has 0 bridgehead atoms. The molecule has 0 unspecified atom stereocenters. The van der Waals surface area contributed by atoms with Crippen molar-refractivity contribution >= 4 is 48.8 Å². The van der Waals surface area contributed by atoms with Gasteiger partial charge in [0.1, 0.15) is 5.65 Å². The van der Waals surface area contributed by atoms with Gasteiger partial charge >= 0.3 is 0 Å². The minimum atomic E-state index is 0.977. The Labute approximate surface area is 120 Å². The van der Waals surface area contributed by atoms with Crippen molar-refractivity contribution in [3.05, 3.63) is 44.4 Å². The standard InChI is InChI=1S/C12H8Br2N2S/c1-7-2-12-15-10(5-16(12)4-9(7)14)11-3-8(13)6-17-11/h2-6H,1H3. The zero-order valence-electron chi connectivity index (χ0n) is 8.95. The van der Waals surface area contributed by atoms with Crippen molar-refractivity contribution in [2.45, 2.75) is 6.92 Å². The van der Waals surface area contributed by atoms with Crippen LogP contribution in [-0.4, -0.2) is 9.38 Å². The number of nitrogens with zero attached hydrogens (tertiary/aromatic N) is 2. The molecule has 0 atom stereocenters. The Morgan fingerprint density at radius 3 is 2.76 bits per heavy atom. The maximum Gasteiger partial charge on any atom is 0.137 e. The summed E-state index contributed by atoms with van der Waals surface area (Å²) in [7, 11) is 0. The molecule has 5 heteroatoms. The van der Waals surface area contributed by atoms with E-state index in [1.807, 2.05) is 10.6 Å². The summed E-state index contributed by atoms with van der Waals surface area (Å²) < 4.78 is 4.24. The van der Waals surface area contributed by atoms with Gasteiger partial charge in [-0.3, -0.25) is 0 Å². The summed E-state index contributed by atoms with van der Waals surface area (Å²) in [6.07, 6.45) is 4.10. The van der Waals surface area contributed by atoms with Gasteiger partial charge in [0.25, 0.3) is 0 Å². The van der Waals surface area contributed by atoms with E-state index in [1.165, 1.54) is 10.4 Å². The molecular formula is C12H8Br2N2S. The van der Waals surface area contributed by atoms with E-state index < -0.39 is 0 Å². The zero-order valence-corrected chi connectivity index (χ0v) is 12.9.